The fourth-order valence-corrected chi connectivity index (χ4v) is 4.09. The number of nitrogens with two attached hydrogens (primary N) is 2. The van der Waals surface area contributed by atoms with Gasteiger partial charge in [0, 0.05) is 18.9 Å². The number of rotatable bonds is 9. The van der Waals surface area contributed by atoms with Gasteiger partial charge in [0.2, 0.25) is 5.91 Å². The van der Waals surface area contributed by atoms with Gasteiger partial charge < -0.3 is 27.0 Å². The first kappa shape index (κ1) is 21.2. The van der Waals surface area contributed by atoms with Crippen molar-refractivity contribution in [2.45, 2.75) is 71.1 Å². The number of hydrogen-bond acceptors (Lipinski definition) is 4. The molecule has 144 valence electrons. The fraction of sp³-hybridized carbons (Fsp3) is 0.824. The van der Waals surface area contributed by atoms with Crippen LogP contribution in [0.3, 0.4) is 0 Å². The van der Waals surface area contributed by atoms with Crippen LogP contribution in [-0.4, -0.2) is 46.2 Å². The molecule has 0 heterocycles. The zero-order chi connectivity index (χ0) is 19.1. The molecule has 5 atom stereocenters. The minimum atomic E-state index is -1.11. The Balaban J connectivity index is 3.26. The van der Waals surface area contributed by atoms with Crippen molar-refractivity contribution in [1.82, 2.24) is 5.32 Å². The molecule has 1 aliphatic rings. The number of carbonyl (C=O) groups is 2. The maximum absolute atomic E-state index is 11.8. The minimum absolute atomic E-state index is 0.128. The van der Waals surface area contributed by atoms with Crippen LogP contribution in [0.4, 0.5) is 0 Å². The molecule has 0 aromatic carbocycles. The van der Waals surface area contributed by atoms with E-state index in [1.54, 1.807) is 0 Å². The van der Waals surface area contributed by atoms with E-state index >= 15 is 0 Å². The van der Waals surface area contributed by atoms with Crippen LogP contribution >= 0.6 is 0 Å². The Hall–Kier alpha value is -1.83. The summed E-state index contributed by atoms with van der Waals surface area (Å²) in [5.41, 5.74) is 11.0. The lowest BCUT2D eigenvalue weighted by Gasteiger charge is -2.36. The SMILES string of the molecule is CCCC(CCC)C(NC(C)=O)[C@@H]1C(O)C(C(=O)O)C[C@H]1N=C(N)N. The standard InChI is InChI=1S/C17H32N4O4/c1-4-6-10(7-5-2)14(20-9(3)22)13-12(21-17(18)19)8-11(15(13)23)16(24)25/h10-15,23H,4-8H2,1-3H3,(H,20,22)(H,24,25)(H4,18,19,21)/t11?,12-,13-,14?,15?/m1/s1. The number of nitrogens with one attached hydrogen (secondary N) is 1. The van der Waals surface area contributed by atoms with Crippen molar-refractivity contribution in [1.29, 1.82) is 0 Å². The van der Waals surface area contributed by atoms with E-state index in [2.05, 4.69) is 24.2 Å². The Bertz CT molecular complexity index is 487. The molecule has 0 bridgehead atoms. The molecule has 3 unspecified atom stereocenters. The van der Waals surface area contributed by atoms with Gasteiger partial charge in [0.25, 0.3) is 0 Å². The molecule has 0 aromatic rings. The van der Waals surface area contributed by atoms with Crippen molar-refractivity contribution < 1.29 is 19.8 Å². The van der Waals surface area contributed by atoms with Gasteiger partial charge in [-0.05, 0) is 25.2 Å². The summed E-state index contributed by atoms with van der Waals surface area (Å²) in [5.74, 6) is -2.78. The summed E-state index contributed by atoms with van der Waals surface area (Å²) < 4.78 is 0. The molecule has 25 heavy (non-hydrogen) atoms. The second kappa shape index (κ2) is 9.60. The van der Waals surface area contributed by atoms with Gasteiger partial charge in [0.1, 0.15) is 0 Å². The van der Waals surface area contributed by atoms with Crippen LogP contribution in [0.1, 0.15) is 52.9 Å². The van der Waals surface area contributed by atoms with Crippen LogP contribution in [0, 0.1) is 17.8 Å². The van der Waals surface area contributed by atoms with Crippen LogP contribution < -0.4 is 16.8 Å². The summed E-state index contributed by atoms with van der Waals surface area (Å²) in [6.07, 6.45) is 2.64. The fourth-order valence-electron chi connectivity index (χ4n) is 4.09. The number of carbonyl (C=O) groups excluding carboxylic acids is 1. The highest BCUT2D eigenvalue weighted by Crippen LogP contribution is 2.40. The van der Waals surface area contributed by atoms with E-state index < -0.39 is 30.0 Å². The van der Waals surface area contributed by atoms with Crippen LogP contribution in [0.25, 0.3) is 0 Å². The number of guanidine groups is 1. The lowest BCUT2D eigenvalue weighted by molar-refractivity contribution is -0.145. The lowest BCUT2D eigenvalue weighted by Crippen LogP contribution is -2.51. The van der Waals surface area contributed by atoms with E-state index in [0.717, 1.165) is 25.7 Å². The van der Waals surface area contributed by atoms with Gasteiger partial charge in [-0.3, -0.25) is 9.59 Å². The van der Waals surface area contributed by atoms with Crippen molar-refractivity contribution in [2.24, 2.45) is 34.2 Å². The van der Waals surface area contributed by atoms with Gasteiger partial charge in [-0.15, -0.1) is 0 Å². The Morgan fingerprint density at radius 3 is 2.20 bits per heavy atom. The third kappa shape index (κ3) is 5.59. The quantitative estimate of drug-likeness (QED) is 0.298. The van der Waals surface area contributed by atoms with Crippen molar-refractivity contribution in [3.63, 3.8) is 0 Å². The highest BCUT2D eigenvalue weighted by Gasteiger charge is 2.51. The van der Waals surface area contributed by atoms with Crippen molar-refractivity contribution in [2.75, 3.05) is 0 Å². The monoisotopic (exact) mass is 356 g/mol. The Labute approximate surface area is 149 Å². The molecule has 1 rings (SSSR count). The third-order valence-corrected chi connectivity index (χ3v) is 4.99. The first-order chi connectivity index (χ1) is 11.7. The van der Waals surface area contributed by atoms with Crippen LogP contribution in [-0.2, 0) is 9.59 Å². The number of nitrogens with zero attached hydrogens (tertiary/aromatic N) is 1. The molecule has 0 aliphatic heterocycles. The molecule has 1 aliphatic carbocycles. The Kier molecular flexibility index (Phi) is 8.15. The molecule has 8 heteroatoms. The summed E-state index contributed by atoms with van der Waals surface area (Å²) >= 11 is 0. The topological polar surface area (TPSA) is 151 Å². The van der Waals surface area contributed by atoms with E-state index in [4.69, 9.17) is 11.5 Å². The van der Waals surface area contributed by atoms with Crippen LogP contribution in [0.5, 0.6) is 0 Å². The molecule has 1 saturated carbocycles. The van der Waals surface area contributed by atoms with Gasteiger partial charge in [-0.25, -0.2) is 4.99 Å². The molecular weight excluding hydrogens is 324 g/mol. The molecule has 1 fully saturated rings. The van der Waals surface area contributed by atoms with Crippen molar-refractivity contribution in [3.05, 3.63) is 0 Å². The number of hydrogen-bond donors (Lipinski definition) is 5. The Morgan fingerprint density at radius 2 is 1.80 bits per heavy atom. The maximum atomic E-state index is 11.8. The minimum Gasteiger partial charge on any atom is -0.481 e. The zero-order valence-corrected chi connectivity index (χ0v) is 15.3. The highest BCUT2D eigenvalue weighted by atomic mass is 16.4. The van der Waals surface area contributed by atoms with Gasteiger partial charge in [0.05, 0.1) is 18.1 Å². The van der Waals surface area contributed by atoms with Gasteiger partial charge in [-0.2, -0.15) is 0 Å². The first-order valence-corrected chi connectivity index (χ1v) is 8.99. The lowest BCUT2D eigenvalue weighted by atomic mass is 9.79. The number of amides is 1. The number of aliphatic imine (C=N–C) groups is 1. The van der Waals surface area contributed by atoms with Gasteiger partial charge in [0.15, 0.2) is 5.96 Å². The van der Waals surface area contributed by atoms with E-state index in [-0.39, 0.29) is 30.2 Å². The number of aliphatic hydroxyl groups is 1. The Morgan fingerprint density at radius 1 is 1.24 bits per heavy atom. The van der Waals surface area contributed by atoms with Gasteiger partial charge >= 0.3 is 5.97 Å². The van der Waals surface area contributed by atoms with E-state index in [9.17, 15) is 19.8 Å². The third-order valence-electron chi connectivity index (χ3n) is 4.99. The van der Waals surface area contributed by atoms with E-state index in [0.29, 0.717) is 0 Å². The summed E-state index contributed by atoms with van der Waals surface area (Å²) in [6.45, 7) is 5.55. The van der Waals surface area contributed by atoms with Crippen LogP contribution in [0.15, 0.2) is 4.99 Å². The summed E-state index contributed by atoms with van der Waals surface area (Å²) in [4.78, 5) is 27.4. The normalized spacial score (nSPS) is 27.1. The maximum Gasteiger partial charge on any atom is 0.309 e. The summed E-state index contributed by atoms with van der Waals surface area (Å²) in [5, 5.41) is 23.0. The van der Waals surface area contributed by atoms with E-state index in [1.165, 1.54) is 6.92 Å². The molecule has 0 radical (unpaired) electrons. The van der Waals surface area contributed by atoms with Crippen molar-refractivity contribution in [3.8, 4) is 0 Å². The highest BCUT2D eigenvalue weighted by molar-refractivity contribution is 5.76. The predicted octanol–water partition coefficient (Wildman–Crippen LogP) is 0.431. The molecule has 1 amide bonds. The van der Waals surface area contributed by atoms with Gasteiger partial charge in [-0.1, -0.05) is 26.7 Å². The second-order valence-corrected chi connectivity index (χ2v) is 6.93. The summed E-state index contributed by atoms with van der Waals surface area (Å²) in [6, 6.07) is -0.904. The predicted molar refractivity (Wildman–Crippen MR) is 95.7 cm³/mol. The first-order valence-electron chi connectivity index (χ1n) is 8.99. The number of carboxylic acids is 1. The second-order valence-electron chi connectivity index (χ2n) is 6.93. The molecule has 0 spiro atoms. The van der Waals surface area contributed by atoms with E-state index in [1.807, 2.05) is 0 Å². The number of aliphatic hydroxyl groups excluding tert-OH is 1. The molecule has 8 nitrogen and oxygen atoms in total. The zero-order valence-electron chi connectivity index (χ0n) is 15.3. The number of aliphatic carboxylic acids is 1. The largest absolute Gasteiger partial charge is 0.481 e. The van der Waals surface area contributed by atoms with Crippen LogP contribution in [0.2, 0.25) is 0 Å². The molecular formula is C17H32N4O4. The smallest absolute Gasteiger partial charge is 0.309 e. The average Bonchev–Trinajstić information content (AvgIpc) is 2.80. The number of carboxylic acid groups (broad SMARTS) is 1. The average molecular weight is 356 g/mol. The summed E-state index contributed by atoms with van der Waals surface area (Å²) in [7, 11) is 0. The molecule has 0 saturated heterocycles. The molecule has 7 N–H and O–H groups in total. The van der Waals surface area contributed by atoms with Crippen molar-refractivity contribution >= 4 is 17.8 Å². The molecule has 0 aromatic heterocycles.